The van der Waals surface area contributed by atoms with Crippen molar-refractivity contribution >= 4 is 21.8 Å². The molecular weight excluding hydrogens is 282 g/mol. The van der Waals surface area contributed by atoms with Gasteiger partial charge in [-0.15, -0.1) is 0 Å². The number of aliphatic hydroxyl groups is 1. The standard InChI is InChI=1S/C13H22BrNO2/c14-11-5-4-8-15(12(11)17)9-13(10-16)6-2-1-3-7-13/h11,16H,1-10H2. The second-order valence-corrected chi connectivity index (χ2v) is 6.69. The molecule has 2 rings (SSSR count). The van der Waals surface area contributed by atoms with Gasteiger partial charge in [-0.1, -0.05) is 35.2 Å². The van der Waals surface area contributed by atoms with Crippen molar-refractivity contribution in [1.29, 1.82) is 0 Å². The van der Waals surface area contributed by atoms with Gasteiger partial charge in [0.05, 0.1) is 11.4 Å². The summed E-state index contributed by atoms with van der Waals surface area (Å²) in [5.74, 6) is 0.217. The molecule has 0 radical (unpaired) electrons. The van der Waals surface area contributed by atoms with Crippen molar-refractivity contribution in [2.24, 2.45) is 5.41 Å². The number of carbonyl (C=O) groups excluding carboxylic acids is 1. The summed E-state index contributed by atoms with van der Waals surface area (Å²) >= 11 is 3.44. The molecule has 1 aliphatic heterocycles. The van der Waals surface area contributed by atoms with Crippen LogP contribution in [0.3, 0.4) is 0 Å². The maximum absolute atomic E-state index is 12.1. The van der Waals surface area contributed by atoms with Crippen molar-refractivity contribution in [3.8, 4) is 0 Å². The van der Waals surface area contributed by atoms with Gasteiger partial charge in [0, 0.05) is 18.5 Å². The van der Waals surface area contributed by atoms with Crippen LogP contribution in [0.15, 0.2) is 0 Å². The predicted molar refractivity (Wildman–Crippen MR) is 71.1 cm³/mol. The number of halogens is 1. The van der Waals surface area contributed by atoms with Gasteiger partial charge < -0.3 is 10.0 Å². The summed E-state index contributed by atoms with van der Waals surface area (Å²) in [5.41, 5.74) is -0.0159. The summed E-state index contributed by atoms with van der Waals surface area (Å²) in [5, 5.41) is 9.67. The largest absolute Gasteiger partial charge is 0.396 e. The number of amides is 1. The molecule has 1 N–H and O–H groups in total. The van der Waals surface area contributed by atoms with E-state index in [1.807, 2.05) is 4.90 Å². The van der Waals surface area contributed by atoms with E-state index in [4.69, 9.17) is 0 Å². The Balaban J connectivity index is 1.99. The summed E-state index contributed by atoms with van der Waals surface area (Å²) in [6.07, 6.45) is 7.82. The molecule has 1 amide bonds. The first-order valence-electron chi connectivity index (χ1n) is 6.71. The number of rotatable bonds is 3. The smallest absolute Gasteiger partial charge is 0.236 e. The Hall–Kier alpha value is -0.0900. The zero-order valence-corrected chi connectivity index (χ0v) is 11.9. The van der Waals surface area contributed by atoms with Gasteiger partial charge in [0.15, 0.2) is 0 Å². The average molecular weight is 304 g/mol. The van der Waals surface area contributed by atoms with Crippen molar-refractivity contribution in [1.82, 2.24) is 4.90 Å². The van der Waals surface area contributed by atoms with E-state index in [-0.39, 0.29) is 22.8 Å². The number of aliphatic hydroxyl groups excluding tert-OH is 1. The molecule has 0 aromatic rings. The van der Waals surface area contributed by atoms with E-state index >= 15 is 0 Å². The molecule has 3 nitrogen and oxygen atoms in total. The van der Waals surface area contributed by atoms with Gasteiger partial charge in [0.25, 0.3) is 0 Å². The number of likely N-dealkylation sites (tertiary alicyclic amines) is 1. The molecule has 1 aliphatic carbocycles. The number of carbonyl (C=O) groups is 1. The van der Waals surface area contributed by atoms with Crippen LogP contribution in [-0.2, 0) is 4.79 Å². The fourth-order valence-corrected chi connectivity index (χ4v) is 3.74. The molecule has 2 aliphatic rings. The van der Waals surface area contributed by atoms with Gasteiger partial charge in [-0.25, -0.2) is 0 Å². The van der Waals surface area contributed by atoms with E-state index in [1.165, 1.54) is 19.3 Å². The quantitative estimate of drug-likeness (QED) is 0.813. The average Bonchev–Trinajstić information content (AvgIpc) is 2.36. The third-order valence-corrected chi connectivity index (χ3v) is 5.09. The summed E-state index contributed by atoms with van der Waals surface area (Å²) in [4.78, 5) is 14.0. The minimum absolute atomic E-state index is 0.00409. The maximum atomic E-state index is 12.1. The van der Waals surface area contributed by atoms with Crippen LogP contribution in [-0.4, -0.2) is 40.4 Å². The third-order valence-electron chi connectivity index (χ3n) is 4.24. The molecule has 4 heteroatoms. The third kappa shape index (κ3) is 3.02. The van der Waals surface area contributed by atoms with Crippen LogP contribution in [0.5, 0.6) is 0 Å². The summed E-state index contributed by atoms with van der Waals surface area (Å²) in [6.45, 7) is 1.84. The van der Waals surface area contributed by atoms with Crippen LogP contribution >= 0.6 is 15.9 Å². The Morgan fingerprint density at radius 1 is 1.29 bits per heavy atom. The van der Waals surface area contributed by atoms with Gasteiger partial charge >= 0.3 is 0 Å². The van der Waals surface area contributed by atoms with Crippen LogP contribution in [0.2, 0.25) is 0 Å². The van der Waals surface area contributed by atoms with Crippen molar-refractivity contribution in [2.45, 2.75) is 49.8 Å². The second kappa shape index (κ2) is 5.70. The highest BCUT2D eigenvalue weighted by Crippen LogP contribution is 2.37. The highest BCUT2D eigenvalue weighted by Gasteiger charge is 2.37. The molecule has 1 heterocycles. The molecule has 1 atom stereocenters. The Bertz CT molecular complexity index is 277. The molecule has 0 spiro atoms. The lowest BCUT2D eigenvalue weighted by Gasteiger charge is -2.41. The maximum Gasteiger partial charge on any atom is 0.236 e. The van der Waals surface area contributed by atoms with Gasteiger partial charge in [0.2, 0.25) is 5.91 Å². The minimum atomic E-state index is -0.0159. The Kier molecular flexibility index (Phi) is 4.47. The van der Waals surface area contributed by atoms with Crippen molar-refractivity contribution in [3.05, 3.63) is 0 Å². The number of alkyl halides is 1. The predicted octanol–water partition coefficient (Wildman–Crippen LogP) is 2.32. The summed E-state index contributed by atoms with van der Waals surface area (Å²) < 4.78 is 0. The van der Waals surface area contributed by atoms with Gasteiger partial charge in [-0.2, -0.15) is 0 Å². The molecule has 0 aromatic carbocycles. The summed E-state index contributed by atoms with van der Waals surface area (Å²) in [7, 11) is 0. The van der Waals surface area contributed by atoms with Crippen molar-refractivity contribution in [3.63, 3.8) is 0 Å². The van der Waals surface area contributed by atoms with Gasteiger partial charge in [0.1, 0.15) is 0 Å². The van der Waals surface area contributed by atoms with E-state index in [2.05, 4.69) is 15.9 Å². The molecular formula is C13H22BrNO2. The van der Waals surface area contributed by atoms with Gasteiger partial charge in [-0.05, 0) is 25.7 Å². The second-order valence-electron chi connectivity index (χ2n) is 5.59. The Morgan fingerprint density at radius 3 is 2.65 bits per heavy atom. The number of hydrogen-bond acceptors (Lipinski definition) is 2. The first-order chi connectivity index (χ1) is 8.17. The zero-order chi connectivity index (χ0) is 12.3. The first kappa shape index (κ1) is 13.3. The SMILES string of the molecule is O=C1C(Br)CCCN1CC1(CO)CCCCC1. The summed E-state index contributed by atoms with van der Waals surface area (Å²) in [6, 6.07) is 0. The molecule has 98 valence electrons. The van der Waals surface area contributed by atoms with E-state index in [0.717, 1.165) is 38.8 Å². The fourth-order valence-electron chi connectivity index (χ4n) is 3.12. The lowest BCUT2D eigenvalue weighted by Crippen LogP contribution is -2.49. The van der Waals surface area contributed by atoms with Crippen LogP contribution < -0.4 is 0 Å². The topological polar surface area (TPSA) is 40.5 Å². The Morgan fingerprint density at radius 2 is 2.00 bits per heavy atom. The molecule has 17 heavy (non-hydrogen) atoms. The first-order valence-corrected chi connectivity index (χ1v) is 7.62. The highest BCUT2D eigenvalue weighted by atomic mass is 79.9. The zero-order valence-electron chi connectivity index (χ0n) is 10.3. The fraction of sp³-hybridized carbons (Fsp3) is 0.923. The molecule has 1 unspecified atom stereocenters. The molecule has 1 saturated heterocycles. The number of nitrogens with zero attached hydrogens (tertiary/aromatic N) is 1. The number of hydrogen-bond donors (Lipinski definition) is 1. The molecule has 1 saturated carbocycles. The van der Waals surface area contributed by atoms with Gasteiger partial charge in [-0.3, -0.25) is 4.79 Å². The van der Waals surface area contributed by atoms with Crippen LogP contribution in [0.1, 0.15) is 44.9 Å². The van der Waals surface area contributed by atoms with E-state index in [1.54, 1.807) is 0 Å². The lowest BCUT2D eigenvalue weighted by atomic mass is 9.74. The lowest BCUT2D eigenvalue weighted by molar-refractivity contribution is -0.135. The minimum Gasteiger partial charge on any atom is -0.396 e. The molecule has 0 bridgehead atoms. The van der Waals surface area contributed by atoms with E-state index in [0.29, 0.717) is 0 Å². The monoisotopic (exact) mass is 303 g/mol. The van der Waals surface area contributed by atoms with Crippen LogP contribution in [0.4, 0.5) is 0 Å². The van der Waals surface area contributed by atoms with Crippen molar-refractivity contribution < 1.29 is 9.90 Å². The number of piperidine rings is 1. The normalized spacial score (nSPS) is 29.4. The highest BCUT2D eigenvalue weighted by molar-refractivity contribution is 9.10. The molecule has 2 fully saturated rings. The van der Waals surface area contributed by atoms with Crippen LogP contribution in [0.25, 0.3) is 0 Å². The molecule has 0 aromatic heterocycles. The van der Waals surface area contributed by atoms with E-state index < -0.39 is 0 Å². The van der Waals surface area contributed by atoms with Crippen molar-refractivity contribution in [2.75, 3.05) is 19.7 Å². The van der Waals surface area contributed by atoms with E-state index in [9.17, 15) is 9.90 Å². The van der Waals surface area contributed by atoms with Crippen LogP contribution in [0, 0.1) is 5.41 Å². The Labute approximate surface area is 112 Å².